The number of aliphatic hydroxyl groups excluding tert-OH is 1. The molecule has 20 heavy (non-hydrogen) atoms. The molecule has 2 unspecified atom stereocenters. The summed E-state index contributed by atoms with van der Waals surface area (Å²) in [5, 5.41) is 18.6. The maximum absolute atomic E-state index is 12.4. The van der Waals surface area contributed by atoms with Crippen molar-refractivity contribution in [2.45, 2.75) is 31.5 Å². The minimum absolute atomic E-state index is 0.00158. The van der Waals surface area contributed by atoms with E-state index < -0.39 is 40.0 Å². The van der Waals surface area contributed by atoms with Crippen LogP contribution >= 0.6 is 0 Å². The van der Waals surface area contributed by atoms with E-state index >= 15 is 0 Å². The lowest BCUT2D eigenvalue weighted by atomic mass is 10.2. The van der Waals surface area contributed by atoms with Gasteiger partial charge in [0.2, 0.25) is 0 Å². The molecule has 0 aromatic rings. The maximum Gasteiger partial charge on any atom is 0.326 e. The number of urea groups is 1. The largest absolute Gasteiger partial charge is 0.480 e. The first kappa shape index (κ1) is 15.0. The molecule has 0 radical (unpaired) electrons. The summed E-state index contributed by atoms with van der Waals surface area (Å²) in [6.45, 7) is 1.64. The van der Waals surface area contributed by atoms with E-state index in [1.54, 1.807) is 6.92 Å². The van der Waals surface area contributed by atoms with E-state index in [0.717, 1.165) is 4.90 Å². The Bertz CT molecular complexity index is 519. The quantitative estimate of drug-likeness (QED) is 0.625. The number of sulfone groups is 1. The van der Waals surface area contributed by atoms with E-state index in [1.165, 1.54) is 4.90 Å². The number of hydrogen-bond donors (Lipinski definition) is 2. The van der Waals surface area contributed by atoms with E-state index in [1.807, 2.05) is 0 Å². The molecule has 2 N–H and O–H groups in total. The summed E-state index contributed by atoms with van der Waals surface area (Å²) in [4.78, 5) is 26.0. The molecule has 2 fully saturated rings. The fraction of sp³-hybridized carbons (Fsp3) is 0.818. The highest BCUT2D eigenvalue weighted by molar-refractivity contribution is 7.91. The lowest BCUT2D eigenvalue weighted by Crippen LogP contribution is -2.56. The van der Waals surface area contributed by atoms with E-state index in [4.69, 9.17) is 5.11 Å². The summed E-state index contributed by atoms with van der Waals surface area (Å²) >= 11 is 0. The fourth-order valence-corrected chi connectivity index (χ4v) is 4.26. The number of carboxylic acid groups (broad SMARTS) is 1. The number of likely N-dealkylation sites (tertiary alicyclic amines) is 1. The van der Waals surface area contributed by atoms with E-state index in [-0.39, 0.29) is 31.0 Å². The van der Waals surface area contributed by atoms with Gasteiger partial charge in [-0.15, -0.1) is 0 Å². The van der Waals surface area contributed by atoms with Crippen LogP contribution in [0.25, 0.3) is 0 Å². The molecule has 114 valence electrons. The summed E-state index contributed by atoms with van der Waals surface area (Å²) < 4.78 is 23.0. The van der Waals surface area contributed by atoms with E-state index in [2.05, 4.69) is 0 Å². The Balaban J connectivity index is 2.13. The fourth-order valence-electron chi connectivity index (χ4n) is 2.71. The van der Waals surface area contributed by atoms with Gasteiger partial charge < -0.3 is 20.0 Å². The average Bonchev–Trinajstić information content (AvgIpc) is 2.69. The van der Waals surface area contributed by atoms with Crippen LogP contribution in [0, 0.1) is 0 Å². The molecule has 2 saturated heterocycles. The van der Waals surface area contributed by atoms with E-state index in [0.29, 0.717) is 0 Å². The van der Waals surface area contributed by atoms with Crippen molar-refractivity contribution >= 4 is 21.8 Å². The number of aliphatic carboxylic acids is 1. The summed E-state index contributed by atoms with van der Waals surface area (Å²) in [5.41, 5.74) is 0. The van der Waals surface area contributed by atoms with Crippen molar-refractivity contribution in [3.05, 3.63) is 0 Å². The lowest BCUT2D eigenvalue weighted by Gasteiger charge is -2.37. The summed E-state index contributed by atoms with van der Waals surface area (Å²) in [6, 6.07) is -2.06. The third-order valence-electron chi connectivity index (χ3n) is 3.73. The Morgan fingerprint density at radius 2 is 1.90 bits per heavy atom. The lowest BCUT2D eigenvalue weighted by molar-refractivity contribution is -0.141. The topological polar surface area (TPSA) is 115 Å². The van der Waals surface area contributed by atoms with Gasteiger partial charge in [0.25, 0.3) is 0 Å². The van der Waals surface area contributed by atoms with Crippen LogP contribution in [0.5, 0.6) is 0 Å². The molecule has 2 rings (SSSR count). The van der Waals surface area contributed by atoms with Crippen LogP contribution < -0.4 is 0 Å². The second-order valence-electron chi connectivity index (χ2n) is 5.34. The van der Waals surface area contributed by atoms with Crippen LogP contribution in [0.4, 0.5) is 4.79 Å². The predicted octanol–water partition coefficient (Wildman–Crippen LogP) is -1.25. The van der Waals surface area contributed by atoms with Gasteiger partial charge in [0.15, 0.2) is 9.84 Å². The van der Waals surface area contributed by atoms with Gasteiger partial charge in [0.1, 0.15) is 6.04 Å². The molecular formula is C11H18N2O6S. The molecule has 9 heteroatoms. The molecule has 2 amide bonds. The van der Waals surface area contributed by atoms with Gasteiger partial charge in [-0.25, -0.2) is 18.0 Å². The van der Waals surface area contributed by atoms with Gasteiger partial charge in [-0.3, -0.25) is 0 Å². The smallest absolute Gasteiger partial charge is 0.326 e. The number of carboxylic acids is 1. The molecule has 0 aliphatic carbocycles. The zero-order valence-corrected chi connectivity index (χ0v) is 11.9. The molecule has 2 heterocycles. The van der Waals surface area contributed by atoms with Crippen LogP contribution in [0.3, 0.4) is 0 Å². The van der Waals surface area contributed by atoms with Crippen LogP contribution in [-0.4, -0.2) is 83.2 Å². The van der Waals surface area contributed by atoms with Gasteiger partial charge >= 0.3 is 12.0 Å². The van der Waals surface area contributed by atoms with Crippen molar-refractivity contribution in [1.82, 2.24) is 9.80 Å². The van der Waals surface area contributed by atoms with Crippen LogP contribution in [0.1, 0.15) is 13.3 Å². The van der Waals surface area contributed by atoms with Gasteiger partial charge in [0.05, 0.1) is 17.6 Å². The number of amides is 2. The zero-order valence-electron chi connectivity index (χ0n) is 11.1. The average molecular weight is 306 g/mol. The number of nitrogens with zero attached hydrogens (tertiary/aromatic N) is 2. The van der Waals surface area contributed by atoms with Crippen molar-refractivity contribution in [2.24, 2.45) is 0 Å². The van der Waals surface area contributed by atoms with Crippen molar-refractivity contribution < 1.29 is 28.2 Å². The van der Waals surface area contributed by atoms with E-state index in [9.17, 15) is 23.1 Å². The first-order valence-corrected chi connectivity index (χ1v) is 8.22. The van der Waals surface area contributed by atoms with Crippen molar-refractivity contribution in [2.75, 3.05) is 24.6 Å². The third-order valence-corrected chi connectivity index (χ3v) is 5.52. The molecule has 8 nitrogen and oxygen atoms in total. The Morgan fingerprint density at radius 3 is 2.45 bits per heavy atom. The Morgan fingerprint density at radius 1 is 1.25 bits per heavy atom. The molecular weight excluding hydrogens is 288 g/mol. The molecule has 0 bridgehead atoms. The molecule has 0 aromatic carbocycles. The molecule has 0 spiro atoms. The number of carbonyl (C=O) groups is 2. The van der Waals surface area contributed by atoms with Crippen LogP contribution in [0.15, 0.2) is 0 Å². The zero-order chi connectivity index (χ0) is 15.1. The second kappa shape index (κ2) is 5.21. The third kappa shape index (κ3) is 2.88. The Hall–Kier alpha value is -1.35. The molecule has 3 atom stereocenters. The standard InChI is InChI=1S/C11H18N2O6S/c1-7-6-20(18,19)3-2-12(7)11(17)13-5-8(14)4-9(13)10(15)16/h7-9,14H,2-6H2,1H3,(H,15,16)/t7?,8?,9-/m0/s1. The van der Waals surface area contributed by atoms with Crippen molar-refractivity contribution in [3.8, 4) is 0 Å². The van der Waals surface area contributed by atoms with Gasteiger partial charge in [-0.2, -0.15) is 0 Å². The predicted molar refractivity (Wildman–Crippen MR) is 69.0 cm³/mol. The van der Waals surface area contributed by atoms with Crippen molar-refractivity contribution in [3.63, 3.8) is 0 Å². The summed E-state index contributed by atoms with van der Waals surface area (Å²) in [5.74, 6) is -1.39. The minimum atomic E-state index is -3.14. The van der Waals surface area contributed by atoms with Gasteiger partial charge in [-0.1, -0.05) is 0 Å². The van der Waals surface area contributed by atoms with Crippen LogP contribution in [-0.2, 0) is 14.6 Å². The molecule has 2 aliphatic rings. The number of hydrogen-bond acceptors (Lipinski definition) is 5. The molecule has 2 aliphatic heterocycles. The SMILES string of the molecule is CC1CS(=O)(=O)CCN1C(=O)N1CC(O)C[C@H]1C(=O)O. The van der Waals surface area contributed by atoms with Crippen molar-refractivity contribution in [1.29, 1.82) is 0 Å². The first-order chi connectivity index (χ1) is 9.21. The minimum Gasteiger partial charge on any atom is -0.480 e. The molecule has 0 aromatic heterocycles. The number of carbonyl (C=O) groups excluding carboxylic acids is 1. The van der Waals surface area contributed by atoms with Gasteiger partial charge in [-0.05, 0) is 6.92 Å². The summed E-state index contributed by atoms with van der Waals surface area (Å²) in [7, 11) is -3.14. The molecule has 0 saturated carbocycles. The first-order valence-electron chi connectivity index (χ1n) is 6.40. The highest BCUT2D eigenvalue weighted by Crippen LogP contribution is 2.22. The highest BCUT2D eigenvalue weighted by atomic mass is 32.2. The Kier molecular flexibility index (Phi) is 3.92. The highest BCUT2D eigenvalue weighted by Gasteiger charge is 2.42. The Labute approximate surface area is 116 Å². The number of β-amino-alcohol motifs (C(OH)–C–C–N with tert-alkyl or cyclic N) is 1. The van der Waals surface area contributed by atoms with Gasteiger partial charge in [0, 0.05) is 25.6 Å². The normalized spacial score (nSPS) is 33.2. The van der Waals surface area contributed by atoms with Crippen LogP contribution in [0.2, 0.25) is 0 Å². The summed E-state index contributed by atoms with van der Waals surface area (Å²) in [6.07, 6.45) is -0.856. The number of rotatable bonds is 1. The number of aliphatic hydroxyl groups is 1. The second-order valence-corrected chi connectivity index (χ2v) is 7.56. The maximum atomic E-state index is 12.4. The monoisotopic (exact) mass is 306 g/mol.